The van der Waals surface area contributed by atoms with Crippen molar-refractivity contribution in [1.82, 2.24) is 9.97 Å². The van der Waals surface area contributed by atoms with Gasteiger partial charge in [-0.05, 0) is 49.8 Å². The van der Waals surface area contributed by atoms with Gasteiger partial charge in [-0.25, -0.2) is 14.4 Å². The highest BCUT2D eigenvalue weighted by Gasteiger charge is 2.22. The summed E-state index contributed by atoms with van der Waals surface area (Å²) in [5, 5.41) is 0. The van der Waals surface area contributed by atoms with Crippen molar-refractivity contribution in [3.05, 3.63) is 48.0 Å². The van der Waals surface area contributed by atoms with E-state index in [0.717, 1.165) is 56.2 Å². The number of hydrogen-bond acceptors (Lipinski definition) is 5. The van der Waals surface area contributed by atoms with Gasteiger partial charge in [0.1, 0.15) is 23.8 Å². The third kappa shape index (κ3) is 4.75. The van der Waals surface area contributed by atoms with Gasteiger partial charge in [-0.2, -0.15) is 0 Å². The predicted octanol–water partition coefficient (Wildman–Crippen LogP) is 3.79. The van der Waals surface area contributed by atoms with Crippen molar-refractivity contribution in [1.29, 1.82) is 0 Å². The summed E-state index contributed by atoms with van der Waals surface area (Å²) < 4.78 is 19.0. The van der Waals surface area contributed by atoms with E-state index in [4.69, 9.17) is 4.74 Å². The van der Waals surface area contributed by atoms with Gasteiger partial charge in [-0.3, -0.25) is 0 Å². The van der Waals surface area contributed by atoms with E-state index >= 15 is 0 Å². The van der Waals surface area contributed by atoms with Crippen LogP contribution in [-0.4, -0.2) is 42.3 Å². The van der Waals surface area contributed by atoms with Gasteiger partial charge in [0.05, 0.1) is 12.7 Å². The molecule has 0 bridgehead atoms. The van der Waals surface area contributed by atoms with E-state index in [0.29, 0.717) is 6.61 Å². The molecule has 1 aromatic carbocycles. The molecule has 2 fully saturated rings. The van der Waals surface area contributed by atoms with E-state index in [1.54, 1.807) is 18.5 Å². The fraction of sp³-hybridized carbons (Fsp3) is 0.524. The van der Waals surface area contributed by atoms with Gasteiger partial charge < -0.3 is 14.5 Å². The molecule has 0 saturated carbocycles. The Morgan fingerprint density at radius 2 is 1.52 bits per heavy atom. The highest BCUT2D eigenvalue weighted by atomic mass is 19.1. The van der Waals surface area contributed by atoms with Crippen molar-refractivity contribution in [2.45, 2.75) is 44.8 Å². The van der Waals surface area contributed by atoms with Gasteiger partial charge in [-0.1, -0.05) is 12.1 Å². The molecule has 0 atom stereocenters. The minimum Gasteiger partial charge on any atom is -0.373 e. The SMILES string of the molecule is Fc1ccc(COC2CCN(c3cc(N4CCCCC4)ncn3)CC2)cc1. The summed E-state index contributed by atoms with van der Waals surface area (Å²) in [4.78, 5) is 13.7. The largest absolute Gasteiger partial charge is 0.373 e. The van der Waals surface area contributed by atoms with Crippen molar-refractivity contribution in [2.24, 2.45) is 0 Å². The zero-order valence-corrected chi connectivity index (χ0v) is 15.7. The van der Waals surface area contributed by atoms with Crippen molar-refractivity contribution in [3.63, 3.8) is 0 Å². The number of ether oxygens (including phenoxy) is 1. The molecule has 144 valence electrons. The number of nitrogens with zero attached hydrogens (tertiary/aromatic N) is 4. The zero-order chi connectivity index (χ0) is 18.5. The summed E-state index contributed by atoms with van der Waals surface area (Å²) in [6.45, 7) is 4.60. The summed E-state index contributed by atoms with van der Waals surface area (Å²) >= 11 is 0. The average Bonchev–Trinajstić information content (AvgIpc) is 2.74. The molecule has 3 heterocycles. The molecule has 0 spiro atoms. The predicted molar refractivity (Wildman–Crippen MR) is 105 cm³/mol. The lowest BCUT2D eigenvalue weighted by atomic mass is 10.1. The Morgan fingerprint density at radius 1 is 0.889 bits per heavy atom. The van der Waals surface area contributed by atoms with Gasteiger partial charge in [0.15, 0.2) is 0 Å². The molecule has 4 rings (SSSR count). The highest BCUT2D eigenvalue weighted by molar-refractivity contribution is 5.50. The highest BCUT2D eigenvalue weighted by Crippen LogP contribution is 2.24. The first-order chi connectivity index (χ1) is 13.3. The first kappa shape index (κ1) is 18.2. The van der Waals surface area contributed by atoms with Crippen LogP contribution in [0.25, 0.3) is 0 Å². The Bertz CT molecular complexity index is 725. The topological polar surface area (TPSA) is 41.5 Å². The van der Waals surface area contributed by atoms with E-state index < -0.39 is 0 Å². The van der Waals surface area contributed by atoms with E-state index in [-0.39, 0.29) is 11.9 Å². The van der Waals surface area contributed by atoms with Crippen LogP contribution >= 0.6 is 0 Å². The number of benzene rings is 1. The molecule has 2 aromatic rings. The van der Waals surface area contributed by atoms with Gasteiger partial charge in [0, 0.05) is 32.2 Å². The molecule has 0 amide bonds. The molecule has 5 nitrogen and oxygen atoms in total. The molecule has 2 aliphatic rings. The van der Waals surface area contributed by atoms with E-state index in [1.807, 2.05) is 0 Å². The summed E-state index contributed by atoms with van der Waals surface area (Å²) in [7, 11) is 0. The Balaban J connectivity index is 1.29. The van der Waals surface area contributed by atoms with Crippen molar-refractivity contribution >= 4 is 11.6 Å². The van der Waals surface area contributed by atoms with Crippen LogP contribution in [0.15, 0.2) is 36.7 Å². The molecule has 0 radical (unpaired) electrons. The molecule has 0 unspecified atom stereocenters. The third-order valence-corrected chi connectivity index (χ3v) is 5.48. The molecule has 1 aromatic heterocycles. The Hall–Kier alpha value is -2.21. The molecular weight excluding hydrogens is 343 g/mol. The van der Waals surface area contributed by atoms with Gasteiger partial charge in [-0.15, -0.1) is 0 Å². The van der Waals surface area contributed by atoms with E-state index in [2.05, 4.69) is 25.8 Å². The van der Waals surface area contributed by atoms with Crippen LogP contribution in [0.3, 0.4) is 0 Å². The van der Waals surface area contributed by atoms with E-state index in [1.165, 1.54) is 31.4 Å². The Kier molecular flexibility index (Phi) is 5.82. The summed E-state index contributed by atoms with van der Waals surface area (Å²) in [6.07, 6.45) is 7.70. The smallest absolute Gasteiger partial charge is 0.134 e. The van der Waals surface area contributed by atoms with Crippen LogP contribution in [0.4, 0.5) is 16.0 Å². The fourth-order valence-corrected chi connectivity index (χ4v) is 3.85. The van der Waals surface area contributed by atoms with Gasteiger partial charge in [0.2, 0.25) is 0 Å². The van der Waals surface area contributed by atoms with Crippen molar-refractivity contribution < 1.29 is 9.13 Å². The number of aromatic nitrogens is 2. The minimum atomic E-state index is -0.208. The Morgan fingerprint density at radius 3 is 2.19 bits per heavy atom. The van der Waals surface area contributed by atoms with Crippen LogP contribution in [0, 0.1) is 5.82 Å². The number of anilines is 2. The second-order valence-electron chi connectivity index (χ2n) is 7.41. The quantitative estimate of drug-likeness (QED) is 0.801. The number of hydrogen-bond donors (Lipinski definition) is 0. The lowest BCUT2D eigenvalue weighted by molar-refractivity contribution is 0.0250. The molecule has 2 saturated heterocycles. The molecule has 27 heavy (non-hydrogen) atoms. The second-order valence-corrected chi connectivity index (χ2v) is 7.41. The lowest BCUT2D eigenvalue weighted by Crippen LogP contribution is -2.38. The molecule has 6 heteroatoms. The summed E-state index contributed by atoms with van der Waals surface area (Å²) in [6, 6.07) is 8.67. The van der Waals surface area contributed by atoms with Crippen LogP contribution in [-0.2, 0) is 11.3 Å². The average molecular weight is 370 g/mol. The van der Waals surface area contributed by atoms with Crippen molar-refractivity contribution in [3.8, 4) is 0 Å². The molecule has 0 aliphatic carbocycles. The van der Waals surface area contributed by atoms with Crippen LogP contribution in [0.1, 0.15) is 37.7 Å². The summed E-state index contributed by atoms with van der Waals surface area (Å²) in [5.74, 6) is 1.86. The second kappa shape index (κ2) is 8.65. The van der Waals surface area contributed by atoms with Gasteiger partial charge >= 0.3 is 0 Å². The maximum atomic E-state index is 13.0. The molecular formula is C21H27FN4O. The van der Waals surface area contributed by atoms with Crippen molar-refractivity contribution in [2.75, 3.05) is 36.0 Å². The minimum absolute atomic E-state index is 0.208. The van der Waals surface area contributed by atoms with Crippen LogP contribution < -0.4 is 9.80 Å². The first-order valence-corrected chi connectivity index (χ1v) is 9.96. The summed E-state index contributed by atoms with van der Waals surface area (Å²) in [5.41, 5.74) is 1.01. The van der Waals surface area contributed by atoms with Crippen LogP contribution in [0.2, 0.25) is 0 Å². The monoisotopic (exact) mass is 370 g/mol. The zero-order valence-electron chi connectivity index (χ0n) is 15.7. The number of halogens is 1. The third-order valence-electron chi connectivity index (χ3n) is 5.48. The normalized spacial score (nSPS) is 18.7. The van der Waals surface area contributed by atoms with E-state index in [9.17, 15) is 4.39 Å². The number of piperidine rings is 2. The lowest BCUT2D eigenvalue weighted by Gasteiger charge is -2.33. The van der Waals surface area contributed by atoms with Crippen LogP contribution in [0.5, 0.6) is 0 Å². The van der Waals surface area contributed by atoms with Gasteiger partial charge in [0.25, 0.3) is 0 Å². The molecule has 0 N–H and O–H groups in total. The first-order valence-electron chi connectivity index (χ1n) is 9.96. The molecule has 2 aliphatic heterocycles. The maximum Gasteiger partial charge on any atom is 0.134 e. The maximum absolute atomic E-state index is 13.0. The standard InChI is InChI=1S/C21H27FN4O/c22-18-6-4-17(5-7-18)15-27-19-8-12-26(13-9-19)21-14-20(23-16-24-21)25-10-2-1-3-11-25/h4-7,14,16,19H,1-3,8-13,15H2. The Labute approximate surface area is 160 Å². The fourth-order valence-electron chi connectivity index (χ4n) is 3.85. The number of rotatable bonds is 5.